The average molecular weight is 452 g/mol. The molecule has 5 heteroatoms. The smallest absolute Gasteiger partial charge is 0.317 e. The Morgan fingerprint density at radius 1 is 1.03 bits per heavy atom. The van der Waals surface area contributed by atoms with Crippen LogP contribution in [0.15, 0.2) is 48.5 Å². The molecule has 4 aliphatic carbocycles. The second-order valence-electron chi connectivity index (χ2n) is 10.8. The number of rotatable bonds is 9. The molecular formula is C28H34FNO3. The molecular weight excluding hydrogens is 417 g/mol. The van der Waals surface area contributed by atoms with Gasteiger partial charge >= 0.3 is 5.97 Å². The molecule has 0 radical (unpaired) electrons. The highest BCUT2D eigenvalue weighted by atomic mass is 19.1. The zero-order chi connectivity index (χ0) is 23.0. The first kappa shape index (κ1) is 22.4. The van der Waals surface area contributed by atoms with Crippen LogP contribution in [0.25, 0.3) is 0 Å². The maximum absolute atomic E-state index is 13.5. The van der Waals surface area contributed by atoms with E-state index in [1.165, 1.54) is 56.2 Å². The molecule has 4 nitrogen and oxygen atoms in total. The van der Waals surface area contributed by atoms with Crippen molar-refractivity contribution in [2.75, 3.05) is 20.1 Å². The molecule has 4 aliphatic rings. The third-order valence-electron chi connectivity index (χ3n) is 8.20. The molecule has 0 amide bonds. The van der Waals surface area contributed by atoms with E-state index in [9.17, 15) is 9.18 Å². The normalized spacial score (nSPS) is 28.8. The fourth-order valence-electron chi connectivity index (χ4n) is 7.13. The number of carboxylic acids is 1. The summed E-state index contributed by atoms with van der Waals surface area (Å²) >= 11 is 0. The van der Waals surface area contributed by atoms with Gasteiger partial charge in [0.25, 0.3) is 0 Å². The van der Waals surface area contributed by atoms with Gasteiger partial charge in [-0.2, -0.15) is 0 Å². The van der Waals surface area contributed by atoms with E-state index in [2.05, 4.69) is 24.3 Å². The van der Waals surface area contributed by atoms with E-state index < -0.39 is 5.97 Å². The van der Waals surface area contributed by atoms with Gasteiger partial charge in [-0.3, -0.25) is 9.69 Å². The highest BCUT2D eigenvalue weighted by molar-refractivity contribution is 5.69. The fourth-order valence-corrected chi connectivity index (χ4v) is 7.13. The van der Waals surface area contributed by atoms with E-state index in [1.54, 1.807) is 24.1 Å². The summed E-state index contributed by atoms with van der Waals surface area (Å²) in [6.07, 6.45) is 8.69. The maximum Gasteiger partial charge on any atom is 0.317 e. The first-order valence-corrected chi connectivity index (χ1v) is 12.3. The molecule has 1 unspecified atom stereocenters. The van der Waals surface area contributed by atoms with Gasteiger partial charge < -0.3 is 9.84 Å². The van der Waals surface area contributed by atoms with Crippen LogP contribution < -0.4 is 4.74 Å². The third-order valence-corrected chi connectivity index (χ3v) is 8.20. The molecule has 0 aliphatic heterocycles. The molecule has 33 heavy (non-hydrogen) atoms. The molecule has 0 heterocycles. The van der Waals surface area contributed by atoms with Gasteiger partial charge in [0.1, 0.15) is 17.7 Å². The number of carbonyl (C=O) groups is 1. The number of likely N-dealkylation sites (N-methyl/N-ethyl adjacent to an activating group) is 1. The van der Waals surface area contributed by atoms with Crippen molar-refractivity contribution in [1.29, 1.82) is 0 Å². The molecule has 2 aromatic rings. The Morgan fingerprint density at radius 3 is 2.15 bits per heavy atom. The SMILES string of the molecule is CN(CCC(Oc1ccc(C23CC4CC(CC(C4)C2)C3)cc1)c1ccc(F)cc1)CC(=O)O. The fraction of sp³-hybridized carbons (Fsp3) is 0.536. The zero-order valence-electron chi connectivity index (χ0n) is 19.4. The van der Waals surface area contributed by atoms with Gasteiger partial charge in [0.05, 0.1) is 6.54 Å². The quantitative estimate of drug-likeness (QED) is 0.522. The summed E-state index contributed by atoms with van der Waals surface area (Å²) < 4.78 is 19.8. The van der Waals surface area contributed by atoms with Crippen LogP contribution in [0.1, 0.15) is 62.2 Å². The van der Waals surface area contributed by atoms with Gasteiger partial charge in [0.15, 0.2) is 0 Å². The second-order valence-corrected chi connectivity index (χ2v) is 10.8. The van der Waals surface area contributed by atoms with Gasteiger partial charge in [-0.05, 0) is 104 Å². The molecule has 176 valence electrons. The lowest BCUT2D eigenvalue weighted by Gasteiger charge is -2.57. The van der Waals surface area contributed by atoms with Crippen LogP contribution in [0.3, 0.4) is 0 Å². The van der Waals surface area contributed by atoms with Crippen LogP contribution in [0.2, 0.25) is 0 Å². The molecule has 2 aromatic carbocycles. The summed E-state index contributed by atoms with van der Waals surface area (Å²) in [5.41, 5.74) is 2.72. The average Bonchev–Trinajstić information content (AvgIpc) is 2.76. The summed E-state index contributed by atoms with van der Waals surface area (Å²) in [5.74, 6) is 2.42. The van der Waals surface area contributed by atoms with Gasteiger partial charge in [-0.15, -0.1) is 0 Å². The van der Waals surface area contributed by atoms with Crippen molar-refractivity contribution in [3.63, 3.8) is 0 Å². The monoisotopic (exact) mass is 451 g/mol. The molecule has 4 fully saturated rings. The van der Waals surface area contributed by atoms with Gasteiger partial charge in [-0.25, -0.2) is 4.39 Å². The summed E-state index contributed by atoms with van der Waals surface area (Å²) in [4.78, 5) is 12.8. The number of ether oxygens (including phenoxy) is 1. The Hall–Kier alpha value is -2.40. The predicted molar refractivity (Wildman–Crippen MR) is 126 cm³/mol. The Bertz CT molecular complexity index is 936. The Labute approximate surface area is 195 Å². The van der Waals surface area contributed by atoms with Crippen molar-refractivity contribution in [3.05, 3.63) is 65.5 Å². The molecule has 0 spiro atoms. The molecule has 4 bridgehead atoms. The standard InChI is InChI=1S/C28H34FNO3/c1-30(18-27(31)32)11-10-26(22-2-6-24(29)7-3-22)33-25-8-4-23(5-9-25)28-15-19-12-20(16-28)14-21(13-19)17-28/h2-9,19-21,26H,10-18H2,1H3,(H,31,32). The van der Waals surface area contributed by atoms with E-state index in [4.69, 9.17) is 9.84 Å². The van der Waals surface area contributed by atoms with E-state index in [0.717, 1.165) is 29.1 Å². The largest absolute Gasteiger partial charge is 0.486 e. The van der Waals surface area contributed by atoms with Crippen molar-refractivity contribution in [2.24, 2.45) is 17.8 Å². The Balaban J connectivity index is 1.30. The predicted octanol–water partition coefficient (Wildman–Crippen LogP) is 5.82. The van der Waals surface area contributed by atoms with Crippen molar-refractivity contribution >= 4 is 5.97 Å². The van der Waals surface area contributed by atoms with Crippen molar-refractivity contribution in [1.82, 2.24) is 4.90 Å². The summed E-state index contributed by atoms with van der Waals surface area (Å²) in [6.45, 7) is 0.551. The molecule has 4 saturated carbocycles. The van der Waals surface area contributed by atoms with Crippen molar-refractivity contribution < 1.29 is 19.0 Å². The number of carboxylic acid groups (broad SMARTS) is 1. The molecule has 0 aromatic heterocycles. The van der Waals surface area contributed by atoms with Crippen molar-refractivity contribution in [2.45, 2.75) is 56.5 Å². The lowest BCUT2D eigenvalue weighted by molar-refractivity contribution is -0.138. The van der Waals surface area contributed by atoms with Crippen LogP contribution in [-0.2, 0) is 10.2 Å². The second kappa shape index (κ2) is 9.09. The number of hydrogen-bond donors (Lipinski definition) is 1. The van der Waals surface area contributed by atoms with Crippen LogP contribution in [0, 0.1) is 23.6 Å². The number of halogens is 1. The van der Waals surface area contributed by atoms with E-state index in [1.807, 2.05) is 0 Å². The first-order valence-electron chi connectivity index (χ1n) is 12.3. The highest BCUT2D eigenvalue weighted by Crippen LogP contribution is 2.60. The lowest BCUT2D eigenvalue weighted by Crippen LogP contribution is -2.48. The van der Waals surface area contributed by atoms with Crippen LogP contribution >= 0.6 is 0 Å². The topological polar surface area (TPSA) is 49.8 Å². The highest BCUT2D eigenvalue weighted by Gasteiger charge is 2.51. The third kappa shape index (κ3) is 4.93. The van der Waals surface area contributed by atoms with Crippen molar-refractivity contribution in [3.8, 4) is 5.75 Å². The van der Waals surface area contributed by atoms with E-state index >= 15 is 0 Å². The maximum atomic E-state index is 13.5. The molecule has 6 rings (SSSR count). The van der Waals surface area contributed by atoms with E-state index in [0.29, 0.717) is 18.4 Å². The number of hydrogen-bond acceptors (Lipinski definition) is 3. The minimum absolute atomic E-state index is 0.0180. The number of nitrogens with zero attached hydrogens (tertiary/aromatic N) is 1. The Kier molecular flexibility index (Phi) is 6.17. The number of aliphatic carboxylic acids is 1. The van der Waals surface area contributed by atoms with Gasteiger partial charge in [0.2, 0.25) is 0 Å². The van der Waals surface area contributed by atoms with Crippen LogP contribution in [-0.4, -0.2) is 36.1 Å². The molecule has 1 atom stereocenters. The Morgan fingerprint density at radius 2 is 1.61 bits per heavy atom. The van der Waals surface area contributed by atoms with Crippen LogP contribution in [0.5, 0.6) is 5.75 Å². The van der Waals surface area contributed by atoms with Gasteiger partial charge in [0, 0.05) is 13.0 Å². The molecule has 1 N–H and O–H groups in total. The van der Waals surface area contributed by atoms with Gasteiger partial charge in [-0.1, -0.05) is 24.3 Å². The van der Waals surface area contributed by atoms with Crippen LogP contribution in [0.4, 0.5) is 4.39 Å². The molecule has 0 saturated heterocycles. The summed E-state index contributed by atoms with van der Waals surface area (Å²) in [6, 6.07) is 15.1. The minimum atomic E-state index is -0.850. The summed E-state index contributed by atoms with van der Waals surface area (Å²) in [7, 11) is 1.79. The number of benzene rings is 2. The van der Waals surface area contributed by atoms with E-state index in [-0.39, 0.29) is 18.5 Å². The lowest BCUT2D eigenvalue weighted by atomic mass is 9.48. The summed E-state index contributed by atoms with van der Waals surface area (Å²) in [5, 5.41) is 9.03. The first-order chi connectivity index (χ1) is 15.9. The minimum Gasteiger partial charge on any atom is -0.486 e. The zero-order valence-corrected chi connectivity index (χ0v) is 19.4.